The molecule has 732 valence electrons. The number of phenolic OH excluding ortho intramolecular Hbond substituents is 6. The number of hydrogen-bond acceptors (Lipinski definition) is 18. The molecule has 4 heterocycles. The van der Waals surface area contributed by atoms with Crippen molar-refractivity contribution in [1.82, 2.24) is 29.9 Å². The van der Waals surface area contributed by atoms with E-state index in [2.05, 4.69) is 41.5 Å². The number of phenols is 6. The number of rotatable bonds is 72. The Morgan fingerprint density at radius 1 is 0.159 bits per heavy atom. The molecule has 6 bridgehead atoms. The lowest BCUT2D eigenvalue weighted by molar-refractivity contribution is 0.259. The van der Waals surface area contributed by atoms with Crippen LogP contribution in [0.5, 0.6) is 69.0 Å². The summed E-state index contributed by atoms with van der Waals surface area (Å²) < 4.78 is 40.1. The molecule has 0 radical (unpaired) electrons. The van der Waals surface area contributed by atoms with Crippen molar-refractivity contribution < 1.29 is 59.1 Å². The van der Waals surface area contributed by atoms with E-state index in [4.69, 9.17) is 58.3 Å². The molecule has 18 nitrogen and oxygen atoms in total. The van der Waals surface area contributed by atoms with Crippen LogP contribution in [-0.2, 0) is 0 Å². The Hall–Kier alpha value is -9.06. The predicted octanol–water partition coefficient (Wildman–Crippen LogP) is 34.1. The van der Waals surface area contributed by atoms with Gasteiger partial charge in [0.2, 0.25) is 0 Å². The molecule has 0 fully saturated rings. The van der Waals surface area contributed by atoms with Gasteiger partial charge in [0.1, 0.15) is 5.52 Å². The summed E-state index contributed by atoms with van der Waals surface area (Å²) in [4.78, 5) is 29.8. The van der Waals surface area contributed by atoms with Gasteiger partial charge in [-0.3, -0.25) is 29.9 Å². The number of ether oxygens (including phenoxy) is 6. The molecule has 132 heavy (non-hydrogen) atoms. The van der Waals surface area contributed by atoms with E-state index in [1.54, 1.807) is 66.9 Å². The summed E-state index contributed by atoms with van der Waals surface area (Å²) in [5.41, 5.74) is 1.77. The largest absolute Gasteiger partial charge is 0.504 e. The fraction of sp³-hybridized carbons (Fsp3) is 0.632. The first kappa shape index (κ1) is 110. The van der Waals surface area contributed by atoms with Crippen LogP contribution >= 0.6 is 0 Å². The lowest BCUT2D eigenvalue weighted by atomic mass is 10.1. The quantitative estimate of drug-likeness (QED) is 0.0153. The Bertz CT molecular complexity index is 3910. The van der Waals surface area contributed by atoms with Crippen LogP contribution < -0.4 is 28.4 Å². The number of aromatic hydroxyl groups is 6. The zero-order valence-electron chi connectivity index (χ0n) is 82.9. The molecule has 0 spiro atoms. The molecule has 0 unspecified atom stereocenters. The summed E-state index contributed by atoms with van der Waals surface area (Å²) in [5.74, 6) is 0.155. The van der Waals surface area contributed by atoms with E-state index >= 15 is 0 Å². The van der Waals surface area contributed by atoms with Crippen LogP contribution in [0.3, 0.4) is 0 Å². The molecular weight excluding hydrogens is 1650 g/mol. The van der Waals surface area contributed by atoms with Crippen LogP contribution in [0.1, 0.15) is 427 Å². The fourth-order valence-corrected chi connectivity index (χ4v) is 16.8. The highest BCUT2D eigenvalue weighted by Gasteiger charge is 2.17. The maximum atomic E-state index is 12.1. The van der Waals surface area contributed by atoms with E-state index in [0.29, 0.717) is 107 Å². The average molecular weight is 1820 g/mol. The maximum absolute atomic E-state index is 12.1. The Morgan fingerprint density at radius 2 is 0.311 bits per heavy atom. The third-order valence-corrected chi connectivity index (χ3v) is 25.4. The Balaban J connectivity index is 1.43. The van der Waals surface area contributed by atoms with Crippen molar-refractivity contribution >= 4 is 65.4 Å². The molecule has 0 aliphatic heterocycles. The second kappa shape index (κ2) is 70.6. The molecular formula is C114H174N6O12. The van der Waals surface area contributed by atoms with E-state index in [0.717, 1.165) is 116 Å². The van der Waals surface area contributed by atoms with Crippen molar-refractivity contribution in [2.45, 2.75) is 427 Å². The number of aromatic nitrogens is 6. The van der Waals surface area contributed by atoms with E-state index in [9.17, 15) is 30.6 Å². The van der Waals surface area contributed by atoms with Crippen molar-refractivity contribution in [3.05, 3.63) is 110 Å². The van der Waals surface area contributed by atoms with Crippen molar-refractivity contribution in [3.63, 3.8) is 0 Å². The van der Waals surface area contributed by atoms with Crippen molar-refractivity contribution in [2.75, 3.05) is 39.6 Å². The highest BCUT2D eigenvalue weighted by Crippen LogP contribution is 2.40. The highest BCUT2D eigenvalue weighted by molar-refractivity contribution is 5.86. The van der Waals surface area contributed by atoms with Crippen LogP contribution in [0, 0.1) is 0 Å². The molecule has 10 rings (SSSR count). The van der Waals surface area contributed by atoms with Crippen LogP contribution in [0.15, 0.2) is 110 Å². The summed E-state index contributed by atoms with van der Waals surface area (Å²) in [6.07, 6.45) is 79.6. The second-order valence-electron chi connectivity index (χ2n) is 36.9. The Labute approximate surface area is 795 Å². The lowest BCUT2D eigenvalue weighted by Gasteiger charge is -2.14. The highest BCUT2D eigenvalue weighted by atomic mass is 16.5. The van der Waals surface area contributed by atoms with Gasteiger partial charge in [0.25, 0.3) is 0 Å². The molecule has 18 heteroatoms. The third-order valence-electron chi connectivity index (χ3n) is 25.4. The van der Waals surface area contributed by atoms with E-state index in [1.165, 1.54) is 301 Å². The molecule has 10 aromatic rings. The van der Waals surface area contributed by atoms with E-state index < -0.39 is 34.5 Å². The minimum absolute atomic E-state index is 0.0504. The predicted molar refractivity (Wildman–Crippen MR) is 552 cm³/mol. The Morgan fingerprint density at radius 3 is 0.523 bits per heavy atom. The van der Waals surface area contributed by atoms with Crippen LogP contribution in [0.2, 0.25) is 0 Å². The second-order valence-corrected chi connectivity index (χ2v) is 36.9. The van der Waals surface area contributed by atoms with E-state index in [1.807, 2.05) is 12.1 Å². The van der Waals surface area contributed by atoms with Gasteiger partial charge in [0, 0.05) is 99.8 Å². The lowest BCUT2D eigenvalue weighted by Crippen LogP contribution is -2.03. The number of unbranched alkanes of at least 4 members (excludes halogenated alkanes) is 54. The summed E-state index contributed by atoms with van der Waals surface area (Å²) in [5, 5.41) is 73.7. The molecule has 0 aliphatic rings. The average Bonchev–Trinajstić information content (AvgIpc) is 0.810. The summed E-state index contributed by atoms with van der Waals surface area (Å²) in [7, 11) is 0. The van der Waals surface area contributed by atoms with Gasteiger partial charge in [-0.2, -0.15) is 0 Å². The van der Waals surface area contributed by atoms with Crippen molar-refractivity contribution in [3.8, 4) is 69.0 Å². The smallest absolute Gasteiger partial charge is 0.184 e. The standard InChI is InChI=1S/C114H174N6O12/c1-7-13-19-25-31-37-43-49-55-61-73-127-103-79-96-90-115-97-72-71-95(113(125)114(97)126)89-120-102-84-108(132-78-66-60-54-48-42-36-30-24-18-12-6)107(131-77-65-59-53-47-41-35-29-23-17-11-5)83-101(102)119-88-94-70-69-93(111(123)112(94)124)87-118-100-82-106(130-76-64-58-52-46-40-34-28-22-16-10-4)105(129-75-63-57-51-45-39-33-27-21-15-9-3)81-99(100)117-86-92-68-67-91(109(121)110(92)122)85-116-98(96)80-104(103)128-74-62-56-50-44-38-32-26-20-14-8-2/h67-72,79-90,121-126H,7-66,73-78H2,1-6H3. The first-order valence-corrected chi connectivity index (χ1v) is 53.1. The summed E-state index contributed by atoms with van der Waals surface area (Å²) >= 11 is 0. The topological polar surface area (TPSA) is 254 Å². The van der Waals surface area contributed by atoms with Gasteiger partial charge in [0.05, 0.1) is 67.2 Å². The molecule has 0 aliphatic carbocycles. The number of fused-ring (bicyclic) bond motifs is 3. The maximum Gasteiger partial charge on any atom is 0.184 e. The normalized spacial score (nSPS) is 11.3. The minimum atomic E-state index is -0.499. The van der Waals surface area contributed by atoms with Gasteiger partial charge in [-0.25, -0.2) is 0 Å². The molecule has 0 saturated carbocycles. The Kier molecular flexibility index (Phi) is 58.8. The zero-order chi connectivity index (χ0) is 93.7. The van der Waals surface area contributed by atoms with Crippen LogP contribution in [0.25, 0.3) is 65.4 Å². The van der Waals surface area contributed by atoms with Crippen molar-refractivity contribution in [2.24, 2.45) is 0 Å². The monoisotopic (exact) mass is 1820 g/mol. The third kappa shape index (κ3) is 44.4. The molecule has 6 aromatic carbocycles. The van der Waals surface area contributed by atoms with E-state index in [-0.39, 0.29) is 32.4 Å². The van der Waals surface area contributed by atoms with Crippen LogP contribution in [0.4, 0.5) is 0 Å². The molecule has 0 saturated heterocycles. The first-order valence-electron chi connectivity index (χ1n) is 53.1. The molecule has 0 amide bonds. The molecule has 4 aromatic heterocycles. The van der Waals surface area contributed by atoms with Gasteiger partial charge in [-0.05, 0) is 81.0 Å². The van der Waals surface area contributed by atoms with Crippen LogP contribution in [-0.4, -0.2) is 100 Å². The first-order chi connectivity index (χ1) is 64.9. The van der Waals surface area contributed by atoms with Gasteiger partial charge >= 0.3 is 0 Å². The molecule has 0 atom stereocenters. The van der Waals surface area contributed by atoms with Gasteiger partial charge in [-0.15, -0.1) is 0 Å². The van der Waals surface area contributed by atoms with Gasteiger partial charge in [-0.1, -0.05) is 388 Å². The SMILES string of the molecule is CCCCCCCCCCCCOc1cc2cnc3ccc(cnc4cc(OCCCCCCCCCCCC)c(OCCCCCCCCCCCC)cc4ncc4ccc(cnc5cc(OCCCCCCCCCCCC)c(OCCCCCCCCCCCC)cc5ncc5ccc(cnc2cc1OCCCCCCCCCCCC)c(O)c5O)c(O)c4O)c(O)c3O. The minimum Gasteiger partial charge on any atom is -0.504 e. The molecule has 6 N–H and O–H groups in total. The van der Waals surface area contributed by atoms with Crippen molar-refractivity contribution in [1.29, 1.82) is 0 Å². The summed E-state index contributed by atoms with van der Waals surface area (Å²) in [6, 6.07) is 20.6. The van der Waals surface area contributed by atoms with Gasteiger partial charge < -0.3 is 59.1 Å². The fourth-order valence-electron chi connectivity index (χ4n) is 16.8. The number of benzene rings is 6. The number of hydrogen-bond donors (Lipinski definition) is 6. The summed E-state index contributed by atoms with van der Waals surface area (Å²) in [6.45, 7) is 16.2. The zero-order valence-corrected chi connectivity index (χ0v) is 82.9. The van der Waals surface area contributed by atoms with Gasteiger partial charge in [0.15, 0.2) is 69.0 Å². The number of nitrogens with zero attached hydrogens (tertiary/aromatic N) is 6.